The molecule has 1 aliphatic rings. The minimum absolute atomic E-state index is 0.170. The van der Waals surface area contributed by atoms with Gasteiger partial charge in [0.05, 0.1) is 4.92 Å². The molecule has 2 rings (SSSR count). The van der Waals surface area contributed by atoms with Crippen LogP contribution >= 0.6 is 0 Å². The van der Waals surface area contributed by atoms with Crippen molar-refractivity contribution < 1.29 is 4.92 Å². The Hall–Kier alpha value is -1.46. The fourth-order valence-corrected chi connectivity index (χ4v) is 3.17. The topological polar surface area (TPSA) is 58.4 Å². The number of likely N-dealkylation sites (N-methyl/N-ethyl adjacent to an activating group) is 1. The minimum Gasteiger partial charge on any atom is -0.308 e. The van der Waals surface area contributed by atoms with E-state index in [0.29, 0.717) is 6.04 Å². The van der Waals surface area contributed by atoms with Gasteiger partial charge in [-0.1, -0.05) is 26.0 Å². The fourth-order valence-electron chi connectivity index (χ4n) is 3.17. The van der Waals surface area contributed by atoms with E-state index in [1.54, 1.807) is 18.2 Å². The summed E-state index contributed by atoms with van der Waals surface area (Å²) < 4.78 is 0. The lowest BCUT2D eigenvalue weighted by Crippen LogP contribution is -2.39. The van der Waals surface area contributed by atoms with Crippen LogP contribution in [0.2, 0.25) is 0 Å². The van der Waals surface area contributed by atoms with Crippen LogP contribution in [0.3, 0.4) is 0 Å². The fraction of sp³-hybridized carbons (Fsp3) is 0.625. The van der Waals surface area contributed by atoms with Crippen molar-refractivity contribution >= 4 is 5.69 Å². The minimum atomic E-state index is -0.327. The van der Waals surface area contributed by atoms with Gasteiger partial charge < -0.3 is 5.32 Å². The molecule has 0 radical (unpaired) electrons. The van der Waals surface area contributed by atoms with E-state index in [1.165, 1.54) is 19.4 Å². The summed E-state index contributed by atoms with van der Waals surface area (Å²) in [5.74, 6) is 0. The zero-order valence-electron chi connectivity index (χ0n) is 12.9. The van der Waals surface area contributed by atoms with E-state index in [0.717, 1.165) is 25.1 Å². The first-order chi connectivity index (χ1) is 10.2. The molecule has 1 aromatic rings. The smallest absolute Gasteiger partial charge is 0.269 e. The van der Waals surface area contributed by atoms with Crippen molar-refractivity contribution in [1.29, 1.82) is 0 Å². The van der Waals surface area contributed by atoms with Crippen LogP contribution in [0.25, 0.3) is 0 Å². The van der Waals surface area contributed by atoms with Crippen LogP contribution in [0.5, 0.6) is 0 Å². The van der Waals surface area contributed by atoms with Gasteiger partial charge in [0.25, 0.3) is 5.69 Å². The molecule has 0 bridgehead atoms. The van der Waals surface area contributed by atoms with Gasteiger partial charge in [-0.3, -0.25) is 15.0 Å². The lowest BCUT2D eigenvalue weighted by Gasteiger charge is -2.26. The first-order valence-electron chi connectivity index (χ1n) is 7.87. The van der Waals surface area contributed by atoms with E-state index < -0.39 is 0 Å². The average Bonchev–Trinajstić information content (AvgIpc) is 2.95. The average molecular weight is 291 g/mol. The Labute approximate surface area is 126 Å². The number of hydrogen-bond donors (Lipinski definition) is 1. The summed E-state index contributed by atoms with van der Waals surface area (Å²) in [7, 11) is 0. The molecular weight excluding hydrogens is 266 g/mol. The van der Waals surface area contributed by atoms with Crippen LogP contribution in [0, 0.1) is 10.1 Å². The van der Waals surface area contributed by atoms with Crippen LogP contribution in [0.1, 0.15) is 44.7 Å². The first-order valence-corrected chi connectivity index (χ1v) is 7.87. The molecule has 0 aliphatic carbocycles. The first kappa shape index (κ1) is 15.9. The van der Waals surface area contributed by atoms with Gasteiger partial charge in [0.2, 0.25) is 0 Å². The number of benzene rings is 1. The Bertz CT molecular complexity index is 478. The van der Waals surface area contributed by atoms with Crippen molar-refractivity contribution in [3.05, 3.63) is 39.9 Å². The second kappa shape index (κ2) is 7.52. The van der Waals surface area contributed by atoms with Gasteiger partial charge in [-0.25, -0.2) is 0 Å². The predicted molar refractivity (Wildman–Crippen MR) is 84.4 cm³/mol. The molecule has 5 heteroatoms. The number of likely N-dealkylation sites (tertiary alicyclic amines) is 1. The highest BCUT2D eigenvalue weighted by Gasteiger charge is 2.23. The van der Waals surface area contributed by atoms with Crippen molar-refractivity contribution in [3.8, 4) is 0 Å². The largest absolute Gasteiger partial charge is 0.308 e. The molecule has 2 atom stereocenters. The van der Waals surface area contributed by atoms with E-state index in [9.17, 15) is 10.1 Å². The molecule has 1 heterocycles. The molecule has 0 aromatic heterocycles. The van der Waals surface area contributed by atoms with Gasteiger partial charge in [0.15, 0.2) is 0 Å². The van der Waals surface area contributed by atoms with Gasteiger partial charge in [0, 0.05) is 30.8 Å². The van der Waals surface area contributed by atoms with Crippen LogP contribution in [-0.4, -0.2) is 35.5 Å². The summed E-state index contributed by atoms with van der Waals surface area (Å²) in [5, 5.41) is 14.5. The Morgan fingerprint density at radius 1 is 1.48 bits per heavy atom. The van der Waals surface area contributed by atoms with Gasteiger partial charge in [-0.05, 0) is 37.9 Å². The third kappa shape index (κ3) is 4.02. The van der Waals surface area contributed by atoms with Crippen LogP contribution in [-0.2, 0) is 0 Å². The molecule has 1 fully saturated rings. The lowest BCUT2D eigenvalue weighted by atomic mass is 10.0. The second-order valence-corrected chi connectivity index (χ2v) is 5.65. The van der Waals surface area contributed by atoms with E-state index >= 15 is 0 Å². The number of rotatable bonds is 7. The van der Waals surface area contributed by atoms with E-state index in [4.69, 9.17) is 0 Å². The summed E-state index contributed by atoms with van der Waals surface area (Å²) in [6, 6.07) is 7.76. The monoisotopic (exact) mass is 291 g/mol. The molecule has 1 aromatic carbocycles. The SMILES string of the molecule is CCC(NCC1CCCN1CC)c1cccc([N+](=O)[O-])c1. The summed E-state index contributed by atoms with van der Waals surface area (Å²) in [6.07, 6.45) is 3.44. The summed E-state index contributed by atoms with van der Waals surface area (Å²) in [6.45, 7) is 7.56. The number of nitro benzene ring substituents is 1. The lowest BCUT2D eigenvalue weighted by molar-refractivity contribution is -0.384. The van der Waals surface area contributed by atoms with Crippen LogP contribution in [0.4, 0.5) is 5.69 Å². The Balaban J connectivity index is 1.99. The Morgan fingerprint density at radius 3 is 2.95 bits per heavy atom. The zero-order valence-corrected chi connectivity index (χ0v) is 12.9. The maximum atomic E-state index is 10.9. The molecule has 2 unspecified atom stereocenters. The van der Waals surface area contributed by atoms with E-state index in [-0.39, 0.29) is 16.7 Å². The highest BCUT2D eigenvalue weighted by molar-refractivity contribution is 5.35. The van der Waals surface area contributed by atoms with Crippen LogP contribution in [0.15, 0.2) is 24.3 Å². The molecular formula is C16H25N3O2. The van der Waals surface area contributed by atoms with E-state index in [2.05, 4.69) is 24.1 Å². The molecule has 0 saturated carbocycles. The number of hydrogen-bond acceptors (Lipinski definition) is 4. The second-order valence-electron chi connectivity index (χ2n) is 5.65. The number of non-ortho nitro benzene ring substituents is 1. The maximum absolute atomic E-state index is 10.9. The number of nitro groups is 1. The van der Waals surface area contributed by atoms with Crippen molar-refractivity contribution in [3.63, 3.8) is 0 Å². The van der Waals surface area contributed by atoms with Gasteiger partial charge in [-0.15, -0.1) is 0 Å². The molecule has 5 nitrogen and oxygen atoms in total. The third-order valence-electron chi connectivity index (χ3n) is 4.40. The molecule has 1 aliphatic heterocycles. The van der Waals surface area contributed by atoms with Crippen LogP contribution < -0.4 is 5.32 Å². The quantitative estimate of drug-likeness (QED) is 0.619. The third-order valence-corrected chi connectivity index (χ3v) is 4.40. The van der Waals surface area contributed by atoms with Crippen molar-refractivity contribution in [1.82, 2.24) is 10.2 Å². The van der Waals surface area contributed by atoms with Gasteiger partial charge in [-0.2, -0.15) is 0 Å². The summed E-state index contributed by atoms with van der Waals surface area (Å²) in [5.41, 5.74) is 1.18. The van der Waals surface area contributed by atoms with Gasteiger partial charge >= 0.3 is 0 Å². The molecule has 0 amide bonds. The summed E-state index contributed by atoms with van der Waals surface area (Å²) in [4.78, 5) is 13.1. The van der Waals surface area contributed by atoms with Crippen molar-refractivity contribution in [2.75, 3.05) is 19.6 Å². The maximum Gasteiger partial charge on any atom is 0.269 e. The van der Waals surface area contributed by atoms with Crippen molar-refractivity contribution in [2.24, 2.45) is 0 Å². The molecule has 21 heavy (non-hydrogen) atoms. The molecule has 1 saturated heterocycles. The molecule has 1 N–H and O–H groups in total. The highest BCUT2D eigenvalue weighted by Crippen LogP contribution is 2.23. The van der Waals surface area contributed by atoms with E-state index in [1.807, 2.05) is 6.07 Å². The zero-order chi connectivity index (χ0) is 15.2. The standard InChI is InChI=1S/C16H25N3O2/c1-3-16(13-7-5-8-14(11-13)19(20)21)17-12-15-9-6-10-18(15)4-2/h5,7-8,11,15-17H,3-4,6,9-10,12H2,1-2H3. The molecule has 116 valence electrons. The Morgan fingerprint density at radius 2 is 2.29 bits per heavy atom. The number of nitrogens with zero attached hydrogens (tertiary/aromatic N) is 2. The van der Waals surface area contributed by atoms with Gasteiger partial charge in [0.1, 0.15) is 0 Å². The predicted octanol–water partition coefficient (Wildman–Crippen LogP) is 3.12. The Kier molecular flexibility index (Phi) is 5.70. The number of nitrogens with one attached hydrogen (secondary N) is 1. The normalized spacial score (nSPS) is 20.6. The summed E-state index contributed by atoms with van der Waals surface area (Å²) >= 11 is 0. The highest BCUT2D eigenvalue weighted by atomic mass is 16.6. The van der Waals surface area contributed by atoms with Crippen molar-refractivity contribution in [2.45, 2.75) is 45.2 Å². The molecule has 0 spiro atoms.